The smallest absolute Gasteiger partial charge is 0.316 e. The van der Waals surface area contributed by atoms with Crippen LogP contribution < -0.4 is 10.3 Å². The lowest BCUT2D eigenvalue weighted by atomic mass is 10.3. The lowest BCUT2D eigenvalue weighted by molar-refractivity contribution is 0.464. The van der Waals surface area contributed by atoms with Gasteiger partial charge in [0.25, 0.3) is 0 Å². The Hall–Kier alpha value is -4.01. The van der Waals surface area contributed by atoms with Crippen molar-refractivity contribution in [1.82, 2.24) is 19.3 Å². The molecule has 3 aromatic carbocycles. The summed E-state index contributed by atoms with van der Waals surface area (Å²) in [6.07, 6.45) is 6.46. The van der Waals surface area contributed by atoms with Gasteiger partial charge in [-0.05, 0) is 72.8 Å². The minimum atomic E-state index is -0.420. The van der Waals surface area contributed by atoms with Crippen LogP contribution in [-0.2, 0) is 0 Å². The summed E-state index contributed by atoms with van der Waals surface area (Å²) in [5.41, 5.74) is 0.614. The van der Waals surface area contributed by atoms with Crippen LogP contribution in [0.1, 0.15) is 0 Å². The first-order valence-electron chi connectivity index (χ1n) is 10.2. The number of ether oxygens (including phenoxy) is 1. The fourth-order valence-corrected chi connectivity index (χ4v) is 4.16. The van der Waals surface area contributed by atoms with Crippen molar-refractivity contribution in [2.45, 2.75) is 9.79 Å². The minimum absolute atomic E-state index is 0.113. The zero-order valence-electron chi connectivity index (χ0n) is 17.6. The van der Waals surface area contributed by atoms with Crippen LogP contribution in [0.2, 0.25) is 5.02 Å². The van der Waals surface area contributed by atoms with Crippen LogP contribution in [0.5, 0.6) is 17.2 Å². The number of benzene rings is 3. The number of hydrogen-bond acceptors (Lipinski definition) is 6. The average Bonchev–Trinajstić information content (AvgIpc) is 3.38. The first-order valence-corrected chi connectivity index (χ1v) is 11.4. The van der Waals surface area contributed by atoms with Crippen molar-refractivity contribution < 1.29 is 9.84 Å². The zero-order valence-corrected chi connectivity index (χ0v) is 19.1. The number of rotatable bonds is 6. The van der Waals surface area contributed by atoms with Crippen LogP contribution in [-0.4, -0.2) is 24.4 Å². The van der Waals surface area contributed by atoms with Gasteiger partial charge < -0.3 is 14.4 Å². The molecule has 0 unspecified atom stereocenters. The van der Waals surface area contributed by atoms with Crippen molar-refractivity contribution in [2.75, 3.05) is 0 Å². The van der Waals surface area contributed by atoms with Gasteiger partial charge >= 0.3 is 5.56 Å². The van der Waals surface area contributed by atoms with Crippen molar-refractivity contribution >= 4 is 23.4 Å². The Morgan fingerprint density at radius 1 is 0.912 bits per heavy atom. The van der Waals surface area contributed by atoms with E-state index in [-0.39, 0.29) is 11.5 Å². The van der Waals surface area contributed by atoms with Gasteiger partial charge in [-0.3, -0.25) is 4.79 Å². The van der Waals surface area contributed by atoms with Crippen LogP contribution in [0.15, 0.2) is 112 Å². The Balaban J connectivity index is 1.48. The molecule has 5 aromatic rings. The van der Waals surface area contributed by atoms with E-state index >= 15 is 0 Å². The van der Waals surface area contributed by atoms with Gasteiger partial charge in [0, 0.05) is 27.2 Å². The molecular formula is C25H17ClN4O3S. The van der Waals surface area contributed by atoms with Crippen molar-refractivity contribution in [2.24, 2.45) is 0 Å². The third kappa shape index (κ3) is 4.68. The highest BCUT2D eigenvalue weighted by atomic mass is 35.5. The summed E-state index contributed by atoms with van der Waals surface area (Å²) in [4.78, 5) is 19.4. The molecule has 7 nitrogen and oxygen atoms in total. The standard InChI is InChI=1S/C25H17ClN4O3S/c26-17-1-3-18(4-2-17)30-25(32)24(23(15-28-30)29-14-13-27-16-29)33-20-7-11-22(12-8-20)34-21-9-5-19(31)6-10-21/h1-16,31H. The topological polar surface area (TPSA) is 82.2 Å². The average molecular weight is 489 g/mol. The number of aromatic hydroxyl groups is 1. The van der Waals surface area contributed by atoms with Crippen LogP contribution in [0.25, 0.3) is 11.4 Å². The summed E-state index contributed by atoms with van der Waals surface area (Å²) in [6, 6.07) is 21.2. The molecule has 0 saturated carbocycles. The number of hydrogen-bond donors (Lipinski definition) is 1. The van der Waals surface area contributed by atoms with Crippen molar-refractivity contribution in [3.05, 3.63) is 113 Å². The number of phenols is 1. The summed E-state index contributed by atoms with van der Waals surface area (Å²) < 4.78 is 9.02. The Morgan fingerprint density at radius 3 is 2.24 bits per heavy atom. The summed E-state index contributed by atoms with van der Waals surface area (Å²) in [5.74, 6) is 0.840. The Morgan fingerprint density at radius 2 is 1.59 bits per heavy atom. The SMILES string of the molecule is O=c1c(Oc2ccc(Sc3ccc(O)cc3)cc2)c(-n2ccnc2)cnn1-c1ccc(Cl)cc1. The maximum atomic E-state index is 13.4. The first-order chi connectivity index (χ1) is 16.6. The van der Waals surface area contributed by atoms with Crippen molar-refractivity contribution in [3.8, 4) is 28.6 Å². The first kappa shape index (κ1) is 21.8. The molecule has 0 amide bonds. The predicted octanol–water partition coefficient (Wildman–Crippen LogP) is 5.72. The van der Waals surface area contributed by atoms with E-state index < -0.39 is 5.56 Å². The Kier molecular flexibility index (Phi) is 6.07. The molecule has 2 aromatic heterocycles. The number of phenolic OH excluding ortho intramolecular Hbond substituents is 1. The molecule has 0 saturated heterocycles. The van der Waals surface area contributed by atoms with E-state index in [0.29, 0.717) is 22.1 Å². The molecule has 1 N–H and O–H groups in total. The summed E-state index contributed by atoms with van der Waals surface area (Å²) in [5, 5.41) is 14.3. The minimum Gasteiger partial charge on any atom is -0.508 e. The molecule has 168 valence electrons. The van der Waals surface area contributed by atoms with Gasteiger partial charge in [0.1, 0.15) is 17.2 Å². The van der Waals surface area contributed by atoms with Crippen LogP contribution in [0, 0.1) is 0 Å². The molecule has 0 aliphatic heterocycles. The van der Waals surface area contributed by atoms with Gasteiger partial charge in [-0.1, -0.05) is 23.4 Å². The normalized spacial score (nSPS) is 10.9. The third-order valence-electron chi connectivity index (χ3n) is 4.88. The van der Waals surface area contributed by atoms with E-state index in [0.717, 1.165) is 9.79 Å². The van der Waals surface area contributed by atoms with E-state index in [4.69, 9.17) is 16.3 Å². The van der Waals surface area contributed by atoms with E-state index in [1.807, 2.05) is 24.3 Å². The fraction of sp³-hybridized carbons (Fsp3) is 0. The summed E-state index contributed by atoms with van der Waals surface area (Å²) in [6.45, 7) is 0. The zero-order chi connectivity index (χ0) is 23.5. The molecule has 0 aliphatic rings. The number of nitrogens with zero attached hydrogens (tertiary/aromatic N) is 4. The van der Waals surface area contributed by atoms with Gasteiger partial charge in [0.05, 0.1) is 18.2 Å². The maximum Gasteiger partial charge on any atom is 0.316 e. The lowest BCUT2D eigenvalue weighted by Crippen LogP contribution is -2.23. The highest BCUT2D eigenvalue weighted by Crippen LogP contribution is 2.31. The predicted molar refractivity (Wildman–Crippen MR) is 131 cm³/mol. The van der Waals surface area contributed by atoms with Crippen molar-refractivity contribution in [1.29, 1.82) is 0 Å². The number of imidazole rings is 1. The maximum absolute atomic E-state index is 13.4. The second-order valence-corrected chi connectivity index (χ2v) is 8.78. The van der Waals surface area contributed by atoms with Crippen LogP contribution >= 0.6 is 23.4 Å². The van der Waals surface area contributed by atoms with Crippen LogP contribution in [0.4, 0.5) is 0 Å². The molecule has 0 aliphatic carbocycles. The molecule has 0 fully saturated rings. The second-order valence-electron chi connectivity index (χ2n) is 7.19. The van der Waals surface area contributed by atoms with Gasteiger partial charge in [-0.2, -0.15) is 9.78 Å². The summed E-state index contributed by atoms with van der Waals surface area (Å²) in [7, 11) is 0. The van der Waals surface area contributed by atoms with E-state index in [9.17, 15) is 9.90 Å². The highest BCUT2D eigenvalue weighted by Gasteiger charge is 2.17. The van der Waals surface area contributed by atoms with E-state index in [1.54, 1.807) is 89.8 Å². The molecule has 0 spiro atoms. The largest absolute Gasteiger partial charge is 0.508 e. The number of aromatic nitrogens is 4. The molecule has 34 heavy (non-hydrogen) atoms. The molecule has 0 atom stereocenters. The van der Waals surface area contributed by atoms with E-state index in [1.165, 1.54) is 4.68 Å². The molecule has 9 heteroatoms. The monoisotopic (exact) mass is 488 g/mol. The van der Waals surface area contributed by atoms with Crippen molar-refractivity contribution in [3.63, 3.8) is 0 Å². The molecule has 2 heterocycles. The molecular weight excluding hydrogens is 472 g/mol. The number of halogens is 1. The molecule has 0 bridgehead atoms. The fourth-order valence-electron chi connectivity index (χ4n) is 3.22. The second kappa shape index (κ2) is 9.46. The van der Waals surface area contributed by atoms with Gasteiger partial charge in [-0.15, -0.1) is 0 Å². The molecule has 5 rings (SSSR count). The Labute approximate surface area is 203 Å². The summed E-state index contributed by atoms with van der Waals surface area (Å²) >= 11 is 7.54. The van der Waals surface area contributed by atoms with Crippen LogP contribution in [0.3, 0.4) is 0 Å². The van der Waals surface area contributed by atoms with Gasteiger partial charge in [0.2, 0.25) is 5.75 Å². The Bertz CT molecular complexity index is 1470. The van der Waals surface area contributed by atoms with Gasteiger partial charge in [-0.25, -0.2) is 4.98 Å². The quantitative estimate of drug-likeness (QED) is 0.329. The lowest BCUT2D eigenvalue weighted by Gasteiger charge is -2.13. The highest BCUT2D eigenvalue weighted by molar-refractivity contribution is 7.99. The molecule has 0 radical (unpaired) electrons. The van der Waals surface area contributed by atoms with E-state index in [2.05, 4.69) is 10.1 Å². The van der Waals surface area contributed by atoms with Gasteiger partial charge in [0.15, 0.2) is 0 Å². The third-order valence-corrected chi connectivity index (χ3v) is 6.15.